The molecule has 0 aromatic rings. The fraction of sp³-hybridized carbons (Fsp3) is 0.882. The zero-order valence-corrected chi connectivity index (χ0v) is 14.2. The van der Waals surface area contributed by atoms with Gasteiger partial charge in [0.25, 0.3) is 0 Å². The van der Waals surface area contributed by atoms with Crippen LogP contribution in [0.4, 0.5) is 4.79 Å². The summed E-state index contributed by atoms with van der Waals surface area (Å²) in [5.41, 5.74) is -0.603. The summed E-state index contributed by atoms with van der Waals surface area (Å²) in [4.78, 5) is 25.9. The average molecular weight is 311 g/mol. The highest BCUT2D eigenvalue weighted by molar-refractivity contribution is 5.81. The van der Waals surface area contributed by atoms with Gasteiger partial charge >= 0.3 is 12.1 Å². The van der Waals surface area contributed by atoms with Gasteiger partial charge in [0.15, 0.2) is 0 Å². The number of hydrogen-bond acceptors (Lipinski definition) is 3. The number of carboxylic acids is 1. The molecule has 1 unspecified atom stereocenters. The first-order valence-electron chi connectivity index (χ1n) is 8.43. The summed E-state index contributed by atoms with van der Waals surface area (Å²) in [6.07, 6.45) is 5.14. The van der Waals surface area contributed by atoms with Crippen molar-refractivity contribution in [2.75, 3.05) is 0 Å². The largest absolute Gasteiger partial charge is 0.480 e. The fourth-order valence-electron chi connectivity index (χ4n) is 3.31. The van der Waals surface area contributed by atoms with Crippen molar-refractivity contribution in [3.05, 3.63) is 0 Å². The van der Waals surface area contributed by atoms with Crippen molar-refractivity contribution in [3.8, 4) is 0 Å². The van der Waals surface area contributed by atoms with Crippen molar-refractivity contribution in [2.45, 2.75) is 83.9 Å². The minimum atomic E-state index is -0.891. The highest BCUT2D eigenvalue weighted by Crippen LogP contribution is 2.38. The van der Waals surface area contributed by atoms with E-state index in [-0.39, 0.29) is 12.0 Å². The van der Waals surface area contributed by atoms with Crippen molar-refractivity contribution in [1.82, 2.24) is 4.90 Å². The van der Waals surface area contributed by atoms with Crippen LogP contribution in [0, 0.1) is 11.8 Å². The van der Waals surface area contributed by atoms with Crippen LogP contribution in [-0.4, -0.2) is 39.8 Å². The molecule has 1 N–H and O–H groups in total. The molecule has 126 valence electrons. The Kier molecular flexibility index (Phi) is 5.03. The Morgan fingerprint density at radius 1 is 1.09 bits per heavy atom. The van der Waals surface area contributed by atoms with Crippen LogP contribution in [-0.2, 0) is 9.53 Å². The summed E-state index contributed by atoms with van der Waals surface area (Å²) < 4.78 is 5.47. The third-order valence-electron chi connectivity index (χ3n) is 4.60. The zero-order chi connectivity index (χ0) is 16.5. The maximum atomic E-state index is 12.5. The molecule has 0 radical (unpaired) electrons. The standard InChI is InChI=1S/C17H29NO4/c1-11-5-7-12(8-6-11)14(15(19)20)18(13-9-10-13)16(21)22-17(2,3)4/h11-14H,5-10H2,1-4H3,(H,19,20). The number of carbonyl (C=O) groups is 2. The second-order valence-corrected chi connectivity index (χ2v) is 7.92. The number of aliphatic carboxylic acids is 1. The summed E-state index contributed by atoms with van der Waals surface area (Å²) in [7, 11) is 0. The van der Waals surface area contributed by atoms with E-state index in [2.05, 4.69) is 6.92 Å². The van der Waals surface area contributed by atoms with Crippen LogP contribution < -0.4 is 0 Å². The number of ether oxygens (including phenoxy) is 1. The van der Waals surface area contributed by atoms with E-state index in [0.29, 0.717) is 5.92 Å². The number of amides is 1. The van der Waals surface area contributed by atoms with E-state index >= 15 is 0 Å². The molecule has 2 fully saturated rings. The summed E-state index contributed by atoms with van der Waals surface area (Å²) in [5, 5.41) is 9.74. The van der Waals surface area contributed by atoms with Crippen LogP contribution in [0.25, 0.3) is 0 Å². The molecule has 22 heavy (non-hydrogen) atoms. The van der Waals surface area contributed by atoms with Gasteiger partial charge in [-0.25, -0.2) is 9.59 Å². The van der Waals surface area contributed by atoms with Crippen molar-refractivity contribution in [3.63, 3.8) is 0 Å². The summed E-state index contributed by atoms with van der Waals surface area (Å²) in [6, 6.07) is -0.704. The van der Waals surface area contributed by atoms with Crippen molar-refractivity contribution in [1.29, 1.82) is 0 Å². The molecule has 0 aliphatic heterocycles. The van der Waals surface area contributed by atoms with E-state index < -0.39 is 23.7 Å². The van der Waals surface area contributed by atoms with Crippen LogP contribution in [0.5, 0.6) is 0 Å². The van der Waals surface area contributed by atoms with Crippen molar-refractivity contribution < 1.29 is 19.4 Å². The first-order valence-corrected chi connectivity index (χ1v) is 8.43. The van der Waals surface area contributed by atoms with E-state index in [0.717, 1.165) is 38.5 Å². The molecule has 5 heteroatoms. The second kappa shape index (κ2) is 6.47. The molecular weight excluding hydrogens is 282 g/mol. The molecule has 2 rings (SSSR count). The fourth-order valence-corrected chi connectivity index (χ4v) is 3.31. The molecule has 0 spiro atoms. The molecule has 1 amide bonds. The predicted octanol–water partition coefficient (Wildman–Crippen LogP) is 3.67. The second-order valence-electron chi connectivity index (χ2n) is 7.92. The molecule has 2 aliphatic carbocycles. The lowest BCUT2D eigenvalue weighted by Crippen LogP contribution is -2.52. The molecule has 0 aromatic carbocycles. The van der Waals surface area contributed by atoms with Gasteiger partial charge in [-0.05, 0) is 58.3 Å². The average Bonchev–Trinajstić information content (AvgIpc) is 3.18. The van der Waals surface area contributed by atoms with Crippen LogP contribution in [0.15, 0.2) is 0 Å². The molecule has 2 aliphatic rings. The normalized spacial score (nSPS) is 27.1. The van der Waals surface area contributed by atoms with Gasteiger partial charge < -0.3 is 9.84 Å². The minimum absolute atomic E-state index is 0.0373. The predicted molar refractivity (Wildman–Crippen MR) is 83.6 cm³/mol. The molecule has 0 bridgehead atoms. The zero-order valence-electron chi connectivity index (χ0n) is 14.2. The first kappa shape index (κ1) is 17.1. The SMILES string of the molecule is CC1CCC(C(C(=O)O)N(C(=O)OC(C)(C)C)C2CC2)CC1. The lowest BCUT2D eigenvalue weighted by atomic mass is 9.78. The van der Waals surface area contributed by atoms with Gasteiger partial charge in [0.2, 0.25) is 0 Å². The molecule has 5 nitrogen and oxygen atoms in total. The number of hydrogen-bond donors (Lipinski definition) is 1. The van der Waals surface area contributed by atoms with Crippen LogP contribution in [0.2, 0.25) is 0 Å². The topological polar surface area (TPSA) is 66.8 Å². The summed E-state index contributed by atoms with van der Waals surface area (Å²) in [5.74, 6) is -0.194. The summed E-state index contributed by atoms with van der Waals surface area (Å²) >= 11 is 0. The summed E-state index contributed by atoms with van der Waals surface area (Å²) in [6.45, 7) is 7.65. The Balaban J connectivity index is 2.15. The van der Waals surface area contributed by atoms with E-state index in [1.807, 2.05) is 20.8 Å². The molecular formula is C17H29NO4. The lowest BCUT2D eigenvalue weighted by Gasteiger charge is -2.38. The van der Waals surface area contributed by atoms with Gasteiger partial charge in [0.1, 0.15) is 11.6 Å². The first-order chi connectivity index (χ1) is 10.2. The van der Waals surface area contributed by atoms with Crippen LogP contribution >= 0.6 is 0 Å². The van der Waals surface area contributed by atoms with Gasteiger partial charge in [-0.2, -0.15) is 0 Å². The molecule has 1 atom stereocenters. The number of carboxylic acid groups (broad SMARTS) is 1. The van der Waals surface area contributed by atoms with E-state index in [1.54, 1.807) is 0 Å². The Hall–Kier alpha value is -1.26. The number of carbonyl (C=O) groups excluding carboxylic acids is 1. The highest BCUT2D eigenvalue weighted by atomic mass is 16.6. The Labute approximate surface area is 133 Å². The minimum Gasteiger partial charge on any atom is -0.480 e. The van der Waals surface area contributed by atoms with Gasteiger partial charge in [-0.1, -0.05) is 19.8 Å². The molecule has 0 saturated heterocycles. The third kappa shape index (κ3) is 4.37. The monoisotopic (exact) mass is 311 g/mol. The van der Waals surface area contributed by atoms with Crippen LogP contribution in [0.1, 0.15) is 66.2 Å². The maximum Gasteiger partial charge on any atom is 0.411 e. The van der Waals surface area contributed by atoms with Crippen molar-refractivity contribution in [2.24, 2.45) is 11.8 Å². The van der Waals surface area contributed by atoms with Gasteiger partial charge in [0, 0.05) is 6.04 Å². The third-order valence-corrected chi connectivity index (χ3v) is 4.60. The van der Waals surface area contributed by atoms with E-state index in [9.17, 15) is 14.7 Å². The van der Waals surface area contributed by atoms with Crippen molar-refractivity contribution >= 4 is 12.1 Å². The molecule has 0 heterocycles. The molecule has 0 aromatic heterocycles. The Morgan fingerprint density at radius 2 is 1.64 bits per heavy atom. The van der Waals surface area contributed by atoms with Crippen LogP contribution in [0.3, 0.4) is 0 Å². The van der Waals surface area contributed by atoms with Gasteiger partial charge in [-0.15, -0.1) is 0 Å². The van der Waals surface area contributed by atoms with E-state index in [4.69, 9.17) is 4.74 Å². The highest BCUT2D eigenvalue weighted by Gasteiger charge is 2.46. The Bertz CT molecular complexity index is 417. The smallest absolute Gasteiger partial charge is 0.411 e. The maximum absolute atomic E-state index is 12.5. The van der Waals surface area contributed by atoms with Gasteiger partial charge in [0.05, 0.1) is 0 Å². The number of rotatable bonds is 4. The lowest BCUT2D eigenvalue weighted by molar-refractivity contribution is -0.146. The van der Waals surface area contributed by atoms with E-state index in [1.165, 1.54) is 4.90 Å². The van der Waals surface area contributed by atoms with Gasteiger partial charge in [-0.3, -0.25) is 4.90 Å². The quantitative estimate of drug-likeness (QED) is 0.860. The Morgan fingerprint density at radius 3 is 2.05 bits per heavy atom. The molecule has 2 saturated carbocycles. The number of nitrogens with zero attached hydrogens (tertiary/aromatic N) is 1.